The van der Waals surface area contributed by atoms with Crippen LogP contribution in [0.25, 0.3) is 10.1 Å². The number of thiocarbonyl (C=S) groups is 1. The molecule has 0 unspecified atom stereocenters. The van der Waals surface area contributed by atoms with Crippen LogP contribution in [0.2, 0.25) is 5.02 Å². The number of esters is 1. The fourth-order valence-corrected chi connectivity index (χ4v) is 3.82. The number of benzene rings is 1. The van der Waals surface area contributed by atoms with E-state index in [4.69, 9.17) is 28.6 Å². The summed E-state index contributed by atoms with van der Waals surface area (Å²) in [5.41, 5.74) is 0.783. The zero-order valence-electron chi connectivity index (χ0n) is 12.8. The summed E-state index contributed by atoms with van der Waals surface area (Å²) in [7, 11) is 3.16. The molecule has 124 valence electrons. The van der Waals surface area contributed by atoms with Gasteiger partial charge in [0.1, 0.15) is 4.88 Å². The topological polar surface area (TPSA) is 68.2 Å². The van der Waals surface area contributed by atoms with Crippen LogP contribution in [0.15, 0.2) is 30.5 Å². The Hall–Kier alpha value is -2.16. The molecule has 0 atom stereocenters. The Kier molecular flexibility index (Phi) is 4.70. The number of methoxy groups -OCH3 is 1. The molecule has 2 N–H and O–H groups in total. The number of carbonyl (C=O) groups is 1. The molecule has 0 aliphatic heterocycles. The number of nitrogens with zero attached hydrogens (tertiary/aromatic N) is 2. The van der Waals surface area contributed by atoms with Gasteiger partial charge in [-0.2, -0.15) is 5.10 Å². The zero-order valence-corrected chi connectivity index (χ0v) is 15.2. The van der Waals surface area contributed by atoms with Gasteiger partial charge in [0.05, 0.1) is 12.1 Å². The molecule has 3 aromatic rings. The number of halogens is 1. The fraction of sp³-hybridized carbons (Fsp3) is 0.133. The Morgan fingerprint density at radius 3 is 2.83 bits per heavy atom. The number of rotatable bonds is 3. The van der Waals surface area contributed by atoms with Gasteiger partial charge in [-0.05, 0) is 30.4 Å². The summed E-state index contributed by atoms with van der Waals surface area (Å²) in [4.78, 5) is 12.1. The van der Waals surface area contributed by atoms with Crippen molar-refractivity contribution in [2.75, 3.05) is 17.7 Å². The highest BCUT2D eigenvalue weighted by Crippen LogP contribution is 2.37. The number of aromatic nitrogens is 2. The number of aryl methyl sites for hydroxylation is 1. The Labute approximate surface area is 152 Å². The first-order valence-corrected chi connectivity index (χ1v) is 8.46. The van der Waals surface area contributed by atoms with Gasteiger partial charge in [-0.15, -0.1) is 11.3 Å². The van der Waals surface area contributed by atoms with E-state index in [-0.39, 0.29) is 0 Å². The molecule has 2 heterocycles. The van der Waals surface area contributed by atoms with E-state index in [1.165, 1.54) is 18.4 Å². The van der Waals surface area contributed by atoms with Crippen LogP contribution in [-0.4, -0.2) is 28.0 Å². The van der Waals surface area contributed by atoms with Crippen molar-refractivity contribution >= 4 is 67.8 Å². The minimum Gasteiger partial charge on any atom is -0.465 e. The SMILES string of the molecule is COC(=O)c1sc2cc(NC(=S)Nc3ccn(C)n3)ccc2c1Cl. The smallest absolute Gasteiger partial charge is 0.349 e. The van der Waals surface area contributed by atoms with E-state index in [1.54, 1.807) is 4.68 Å². The lowest BCUT2D eigenvalue weighted by Gasteiger charge is -2.08. The molecule has 1 aromatic carbocycles. The first-order valence-electron chi connectivity index (χ1n) is 6.86. The lowest BCUT2D eigenvalue weighted by Crippen LogP contribution is -2.19. The zero-order chi connectivity index (χ0) is 17.3. The second-order valence-electron chi connectivity index (χ2n) is 4.90. The van der Waals surface area contributed by atoms with Crippen LogP contribution < -0.4 is 10.6 Å². The van der Waals surface area contributed by atoms with Crippen molar-refractivity contribution in [3.05, 3.63) is 40.4 Å². The van der Waals surface area contributed by atoms with E-state index in [1.807, 2.05) is 37.5 Å². The molecule has 6 nitrogen and oxygen atoms in total. The van der Waals surface area contributed by atoms with Crippen LogP contribution in [0.1, 0.15) is 9.67 Å². The number of fused-ring (bicyclic) bond motifs is 1. The van der Waals surface area contributed by atoms with Crippen molar-refractivity contribution in [3.8, 4) is 0 Å². The van der Waals surface area contributed by atoms with Crippen molar-refractivity contribution in [1.82, 2.24) is 9.78 Å². The quantitative estimate of drug-likeness (QED) is 0.531. The Morgan fingerprint density at radius 2 is 2.17 bits per heavy atom. The van der Waals surface area contributed by atoms with Gasteiger partial charge in [-0.25, -0.2) is 4.79 Å². The number of carbonyl (C=O) groups excluding carboxylic acids is 1. The van der Waals surface area contributed by atoms with Gasteiger partial charge in [0.15, 0.2) is 10.9 Å². The molecule has 24 heavy (non-hydrogen) atoms. The van der Waals surface area contributed by atoms with Gasteiger partial charge in [0, 0.05) is 35.1 Å². The van der Waals surface area contributed by atoms with Crippen molar-refractivity contribution in [1.29, 1.82) is 0 Å². The number of hydrogen-bond donors (Lipinski definition) is 2. The third kappa shape index (κ3) is 3.35. The maximum atomic E-state index is 11.7. The molecule has 0 radical (unpaired) electrons. The van der Waals surface area contributed by atoms with Gasteiger partial charge in [-0.1, -0.05) is 11.6 Å². The van der Waals surface area contributed by atoms with Crippen molar-refractivity contribution in [2.45, 2.75) is 0 Å². The molecule has 3 rings (SSSR count). The van der Waals surface area contributed by atoms with Crippen LogP contribution >= 0.6 is 35.2 Å². The molecule has 0 aliphatic rings. The van der Waals surface area contributed by atoms with E-state index >= 15 is 0 Å². The summed E-state index contributed by atoms with van der Waals surface area (Å²) >= 11 is 12.8. The highest BCUT2D eigenvalue weighted by Gasteiger charge is 2.17. The minimum absolute atomic E-state index is 0.389. The predicted molar refractivity (Wildman–Crippen MR) is 101 cm³/mol. The highest BCUT2D eigenvalue weighted by atomic mass is 35.5. The van der Waals surface area contributed by atoms with Gasteiger partial charge >= 0.3 is 5.97 Å². The van der Waals surface area contributed by atoms with Crippen LogP contribution in [0.5, 0.6) is 0 Å². The van der Waals surface area contributed by atoms with E-state index < -0.39 is 5.97 Å². The average molecular weight is 381 g/mol. The number of nitrogens with one attached hydrogen (secondary N) is 2. The maximum Gasteiger partial charge on any atom is 0.349 e. The van der Waals surface area contributed by atoms with E-state index in [0.717, 1.165) is 15.8 Å². The number of hydrogen-bond acceptors (Lipinski definition) is 5. The van der Waals surface area contributed by atoms with E-state index in [9.17, 15) is 4.79 Å². The molecule has 0 saturated heterocycles. The summed E-state index contributed by atoms with van der Waals surface area (Å²) in [6.07, 6.45) is 1.82. The first-order chi connectivity index (χ1) is 11.5. The van der Waals surface area contributed by atoms with Gasteiger partial charge in [0.25, 0.3) is 0 Å². The summed E-state index contributed by atoms with van der Waals surface area (Å²) in [5.74, 6) is 0.214. The molecular formula is C15H13ClN4O2S2. The van der Waals surface area contributed by atoms with Gasteiger partial charge < -0.3 is 15.4 Å². The normalized spacial score (nSPS) is 10.6. The fourth-order valence-electron chi connectivity index (χ4n) is 2.13. The second kappa shape index (κ2) is 6.76. The van der Waals surface area contributed by atoms with Crippen molar-refractivity contribution in [3.63, 3.8) is 0 Å². The second-order valence-corrected chi connectivity index (χ2v) is 6.74. The predicted octanol–water partition coefficient (Wildman–Crippen LogP) is 3.88. The highest BCUT2D eigenvalue weighted by molar-refractivity contribution is 7.80. The largest absolute Gasteiger partial charge is 0.465 e. The van der Waals surface area contributed by atoms with Gasteiger partial charge in [0.2, 0.25) is 0 Å². The Morgan fingerprint density at radius 1 is 1.38 bits per heavy atom. The summed E-state index contributed by atoms with van der Waals surface area (Å²) in [6, 6.07) is 7.38. The first kappa shape index (κ1) is 16.7. The van der Waals surface area contributed by atoms with Gasteiger partial charge in [-0.3, -0.25) is 4.68 Å². The standard InChI is InChI=1S/C15H13ClN4O2S2/c1-20-6-5-11(19-20)18-15(23)17-8-3-4-9-10(7-8)24-13(12(9)16)14(21)22-2/h3-7H,1-2H3,(H2,17,18,19,23). The summed E-state index contributed by atoms with van der Waals surface area (Å²) < 4.78 is 7.29. The van der Waals surface area contributed by atoms with Crippen molar-refractivity contribution in [2.24, 2.45) is 7.05 Å². The molecule has 0 fully saturated rings. The summed E-state index contributed by atoms with van der Waals surface area (Å²) in [6.45, 7) is 0. The number of anilines is 2. The Balaban J connectivity index is 1.80. The van der Waals surface area contributed by atoms with Crippen LogP contribution in [0.4, 0.5) is 11.5 Å². The molecule has 0 amide bonds. The molecule has 0 spiro atoms. The number of thiophene rings is 1. The van der Waals surface area contributed by atoms with E-state index in [2.05, 4.69) is 15.7 Å². The molecule has 0 bridgehead atoms. The maximum absolute atomic E-state index is 11.7. The summed E-state index contributed by atoms with van der Waals surface area (Å²) in [5, 5.41) is 11.9. The molecule has 0 saturated carbocycles. The minimum atomic E-state index is -0.442. The Bertz CT molecular complexity index is 935. The lowest BCUT2D eigenvalue weighted by atomic mass is 10.2. The van der Waals surface area contributed by atoms with Crippen LogP contribution in [-0.2, 0) is 11.8 Å². The lowest BCUT2D eigenvalue weighted by molar-refractivity contribution is 0.0606. The monoisotopic (exact) mass is 380 g/mol. The van der Waals surface area contributed by atoms with Crippen molar-refractivity contribution < 1.29 is 9.53 Å². The molecule has 9 heteroatoms. The molecule has 0 aliphatic carbocycles. The average Bonchev–Trinajstić information content (AvgIpc) is 3.10. The molecular weight excluding hydrogens is 368 g/mol. The number of ether oxygens (including phenoxy) is 1. The third-order valence-corrected chi connectivity index (χ3v) is 5.05. The van der Waals surface area contributed by atoms with Crippen LogP contribution in [0.3, 0.4) is 0 Å². The van der Waals surface area contributed by atoms with E-state index in [0.29, 0.717) is 20.8 Å². The van der Waals surface area contributed by atoms with Crippen LogP contribution in [0, 0.1) is 0 Å². The molecule has 2 aromatic heterocycles. The third-order valence-electron chi connectivity index (χ3n) is 3.21.